The van der Waals surface area contributed by atoms with Gasteiger partial charge in [-0.2, -0.15) is 4.36 Å². The Morgan fingerprint density at radius 3 is 2.52 bits per heavy atom. The molecule has 1 aliphatic carbocycles. The van der Waals surface area contributed by atoms with Crippen molar-refractivity contribution in [1.82, 2.24) is 9.88 Å². The highest BCUT2D eigenvalue weighted by Gasteiger charge is 2.42. The highest BCUT2D eigenvalue weighted by atomic mass is 32.2. The molecule has 0 bridgehead atoms. The number of nitrogens with zero attached hydrogens (tertiary/aromatic N) is 5. The Hall–Kier alpha value is -2.56. The molecule has 168 valence electrons. The zero-order valence-electron chi connectivity index (χ0n) is 17.7. The smallest absolute Gasteiger partial charge is 0.290 e. The van der Waals surface area contributed by atoms with Gasteiger partial charge >= 0.3 is 0 Å². The molecule has 2 aliphatic heterocycles. The van der Waals surface area contributed by atoms with E-state index in [9.17, 15) is 23.9 Å². The van der Waals surface area contributed by atoms with E-state index in [0.717, 1.165) is 12.8 Å². The number of hydrogen-bond acceptors (Lipinski definition) is 7. The number of rotatable bonds is 5. The number of carbonyl (C=O) groups excluding carboxylic acids is 2. The Balaban J connectivity index is 1.39. The number of anilines is 1. The first kappa shape index (κ1) is 21.7. The van der Waals surface area contributed by atoms with Gasteiger partial charge in [-0.25, -0.2) is 9.19 Å². The van der Waals surface area contributed by atoms with E-state index in [-0.39, 0.29) is 29.3 Å². The number of piperidine rings is 1. The largest absolute Gasteiger partial charge is 0.357 e. The van der Waals surface area contributed by atoms with Crippen LogP contribution in [-0.4, -0.2) is 68.0 Å². The first-order valence-electron chi connectivity index (χ1n) is 10.6. The van der Waals surface area contributed by atoms with Gasteiger partial charge in [0.1, 0.15) is 11.5 Å². The van der Waals surface area contributed by atoms with E-state index in [4.69, 9.17) is 0 Å². The standard InChI is InChI=1S/C20H27N5O5S/c1-13-17(25(28)29)5-6-18(21-13)23-9-7-16(8-10-23)31(2,30)22-20(27)14-11-19(26)24(12-14)15-3-4-15/h5-6,14-16H,3-4,7-12H2,1-2H3. The van der Waals surface area contributed by atoms with E-state index in [1.807, 2.05) is 4.90 Å². The second-order valence-electron chi connectivity index (χ2n) is 8.69. The summed E-state index contributed by atoms with van der Waals surface area (Å²) in [4.78, 5) is 43.4. The van der Waals surface area contributed by atoms with Gasteiger partial charge in [-0.1, -0.05) is 0 Å². The van der Waals surface area contributed by atoms with Crippen molar-refractivity contribution >= 4 is 33.0 Å². The van der Waals surface area contributed by atoms with E-state index < -0.39 is 26.5 Å². The molecule has 1 aromatic rings. The van der Waals surface area contributed by atoms with Gasteiger partial charge in [-0.15, -0.1) is 0 Å². The second-order valence-corrected chi connectivity index (χ2v) is 11.3. The van der Waals surface area contributed by atoms with Gasteiger partial charge in [-0.05, 0) is 38.7 Å². The summed E-state index contributed by atoms with van der Waals surface area (Å²) in [6, 6.07) is 3.36. The number of likely N-dealkylation sites (tertiary alicyclic amines) is 1. The molecule has 2 atom stereocenters. The quantitative estimate of drug-likeness (QED) is 0.496. The van der Waals surface area contributed by atoms with Crippen LogP contribution in [0.4, 0.5) is 11.5 Å². The predicted molar refractivity (Wildman–Crippen MR) is 115 cm³/mol. The number of aromatic nitrogens is 1. The number of aryl methyl sites for hydroxylation is 1. The fourth-order valence-corrected chi connectivity index (χ4v) is 6.14. The lowest BCUT2D eigenvalue weighted by Crippen LogP contribution is -2.39. The van der Waals surface area contributed by atoms with Crippen LogP contribution in [0.1, 0.15) is 37.8 Å². The average Bonchev–Trinajstić information content (AvgIpc) is 3.48. The van der Waals surface area contributed by atoms with Crippen LogP contribution in [0.15, 0.2) is 16.5 Å². The molecule has 3 heterocycles. The minimum atomic E-state index is -2.73. The third-order valence-electron chi connectivity index (χ3n) is 6.39. The topological polar surface area (TPSA) is 126 Å². The third kappa shape index (κ3) is 4.56. The molecule has 3 aliphatic rings. The van der Waals surface area contributed by atoms with Crippen molar-refractivity contribution in [2.45, 2.75) is 50.3 Å². The van der Waals surface area contributed by atoms with E-state index >= 15 is 0 Å². The van der Waals surface area contributed by atoms with Gasteiger partial charge in [-0.3, -0.25) is 19.7 Å². The maximum Gasteiger partial charge on any atom is 0.290 e. The Morgan fingerprint density at radius 2 is 1.94 bits per heavy atom. The Bertz CT molecular complexity index is 1040. The molecule has 3 fully saturated rings. The maximum atomic E-state index is 13.2. The van der Waals surface area contributed by atoms with Crippen LogP contribution in [-0.2, 0) is 19.3 Å². The summed E-state index contributed by atoms with van der Waals surface area (Å²) < 4.78 is 17.3. The van der Waals surface area contributed by atoms with Gasteiger partial charge in [0.15, 0.2) is 0 Å². The fraction of sp³-hybridized carbons (Fsp3) is 0.650. The van der Waals surface area contributed by atoms with Crippen molar-refractivity contribution in [3.8, 4) is 0 Å². The van der Waals surface area contributed by atoms with Crippen molar-refractivity contribution in [1.29, 1.82) is 0 Å². The maximum absolute atomic E-state index is 13.2. The van der Waals surface area contributed by atoms with Crippen molar-refractivity contribution in [2.75, 3.05) is 30.8 Å². The summed E-state index contributed by atoms with van der Waals surface area (Å²) in [7, 11) is -2.73. The minimum Gasteiger partial charge on any atom is -0.357 e. The van der Waals surface area contributed by atoms with Crippen LogP contribution < -0.4 is 4.90 Å². The number of nitro groups is 1. The average molecular weight is 450 g/mol. The first-order valence-corrected chi connectivity index (χ1v) is 12.6. The summed E-state index contributed by atoms with van der Waals surface area (Å²) in [6.07, 6.45) is 4.86. The summed E-state index contributed by atoms with van der Waals surface area (Å²) >= 11 is 0. The van der Waals surface area contributed by atoms with E-state index in [0.29, 0.717) is 44.0 Å². The van der Waals surface area contributed by atoms with Crippen LogP contribution in [0.3, 0.4) is 0 Å². The number of amides is 2. The SMILES string of the molecule is Cc1nc(N2CCC(S(C)(=O)=NC(=O)C3CC(=O)N(C4CC4)C3)CC2)ccc1[N+](=O)[O-]. The summed E-state index contributed by atoms with van der Waals surface area (Å²) in [5.74, 6) is -0.250. The molecule has 0 spiro atoms. The summed E-state index contributed by atoms with van der Waals surface area (Å²) in [5, 5.41) is 10.8. The summed E-state index contributed by atoms with van der Waals surface area (Å²) in [6.45, 7) is 3.17. The van der Waals surface area contributed by atoms with Crippen molar-refractivity contribution in [3.05, 3.63) is 27.9 Å². The first-order chi connectivity index (χ1) is 14.7. The molecule has 1 saturated carbocycles. The fourth-order valence-electron chi connectivity index (χ4n) is 4.40. The zero-order chi connectivity index (χ0) is 22.3. The molecule has 4 rings (SSSR count). The monoisotopic (exact) mass is 449 g/mol. The Morgan fingerprint density at radius 1 is 1.26 bits per heavy atom. The number of pyridine rings is 1. The Labute approximate surface area is 181 Å². The predicted octanol–water partition coefficient (Wildman–Crippen LogP) is 1.90. The van der Waals surface area contributed by atoms with E-state index in [1.54, 1.807) is 17.9 Å². The molecule has 0 aromatic carbocycles. The normalized spacial score (nSPS) is 24.2. The van der Waals surface area contributed by atoms with Gasteiger partial charge < -0.3 is 9.80 Å². The van der Waals surface area contributed by atoms with Gasteiger partial charge in [0.05, 0.1) is 20.6 Å². The van der Waals surface area contributed by atoms with E-state index in [2.05, 4.69) is 9.35 Å². The van der Waals surface area contributed by atoms with Crippen LogP contribution in [0, 0.1) is 23.0 Å². The molecule has 2 unspecified atom stereocenters. The molecule has 0 N–H and O–H groups in total. The lowest BCUT2D eigenvalue weighted by Gasteiger charge is -2.33. The molecule has 2 amide bonds. The summed E-state index contributed by atoms with van der Waals surface area (Å²) in [5.41, 5.74) is 0.342. The molecule has 10 nitrogen and oxygen atoms in total. The Kier molecular flexibility index (Phi) is 5.71. The van der Waals surface area contributed by atoms with Crippen LogP contribution >= 0.6 is 0 Å². The van der Waals surface area contributed by atoms with Gasteiger partial charge in [0, 0.05) is 49.7 Å². The second kappa shape index (κ2) is 8.18. The lowest BCUT2D eigenvalue weighted by atomic mass is 10.1. The minimum absolute atomic E-state index is 0.00199. The molecular formula is C20H27N5O5S. The molecule has 2 saturated heterocycles. The van der Waals surface area contributed by atoms with Crippen molar-refractivity contribution < 1.29 is 18.7 Å². The molecule has 1 aromatic heterocycles. The van der Waals surface area contributed by atoms with Crippen molar-refractivity contribution in [3.63, 3.8) is 0 Å². The molecular weight excluding hydrogens is 422 g/mol. The van der Waals surface area contributed by atoms with Gasteiger partial charge in [0.25, 0.3) is 11.6 Å². The molecule has 31 heavy (non-hydrogen) atoms. The zero-order valence-corrected chi connectivity index (χ0v) is 18.5. The van der Waals surface area contributed by atoms with Gasteiger partial charge in [0.2, 0.25) is 5.91 Å². The highest BCUT2D eigenvalue weighted by molar-refractivity contribution is 7.93. The van der Waals surface area contributed by atoms with Crippen LogP contribution in [0.2, 0.25) is 0 Å². The third-order valence-corrected chi connectivity index (χ3v) is 8.64. The molecule has 0 radical (unpaired) electrons. The highest BCUT2D eigenvalue weighted by Crippen LogP contribution is 2.33. The van der Waals surface area contributed by atoms with E-state index in [1.165, 1.54) is 12.3 Å². The van der Waals surface area contributed by atoms with Crippen LogP contribution in [0.5, 0.6) is 0 Å². The molecule has 11 heteroatoms. The number of carbonyl (C=O) groups is 2. The van der Waals surface area contributed by atoms with Crippen LogP contribution in [0.25, 0.3) is 0 Å². The number of hydrogen-bond donors (Lipinski definition) is 0. The lowest BCUT2D eigenvalue weighted by molar-refractivity contribution is -0.385. The van der Waals surface area contributed by atoms with Crippen molar-refractivity contribution in [2.24, 2.45) is 10.3 Å².